The minimum Gasteiger partial charge on any atom is -0.358 e. The van der Waals surface area contributed by atoms with E-state index in [0.29, 0.717) is 0 Å². The summed E-state index contributed by atoms with van der Waals surface area (Å²) >= 11 is 0. The molecule has 0 aromatic heterocycles. The number of hydrogen-bond acceptors (Lipinski definition) is 2. The molecule has 2 heteroatoms. The standard InChI is InChI=1S/C11H20N2/c1-3-13-9(2)6-7-10-5-4-8-12-11(10)13/h9-10H,3-8H2,1-2H3. The van der Waals surface area contributed by atoms with Crippen LogP contribution in [0.2, 0.25) is 0 Å². The number of rotatable bonds is 1. The Balaban J connectivity index is 2.17. The molecule has 0 spiro atoms. The number of nitrogens with zero attached hydrogens (tertiary/aromatic N) is 2. The second-order valence-corrected chi connectivity index (χ2v) is 4.29. The summed E-state index contributed by atoms with van der Waals surface area (Å²) in [6, 6.07) is 0.720. The Hall–Kier alpha value is -0.530. The van der Waals surface area contributed by atoms with Gasteiger partial charge >= 0.3 is 0 Å². The topological polar surface area (TPSA) is 15.6 Å². The van der Waals surface area contributed by atoms with Crippen LogP contribution in [0.25, 0.3) is 0 Å². The lowest BCUT2D eigenvalue weighted by atomic mass is 9.87. The van der Waals surface area contributed by atoms with Gasteiger partial charge in [0.2, 0.25) is 0 Å². The predicted molar refractivity (Wildman–Crippen MR) is 56.1 cm³/mol. The first-order chi connectivity index (χ1) is 6.33. The molecular weight excluding hydrogens is 160 g/mol. The van der Waals surface area contributed by atoms with Gasteiger partial charge in [0.05, 0.1) is 0 Å². The highest BCUT2D eigenvalue weighted by Gasteiger charge is 2.31. The third-order valence-electron chi connectivity index (χ3n) is 3.45. The fourth-order valence-electron chi connectivity index (χ4n) is 2.69. The molecule has 0 radical (unpaired) electrons. The maximum atomic E-state index is 4.70. The highest BCUT2D eigenvalue weighted by Crippen LogP contribution is 2.29. The van der Waals surface area contributed by atoms with Crippen LogP contribution in [0.3, 0.4) is 0 Å². The minimum absolute atomic E-state index is 0.720. The van der Waals surface area contributed by atoms with E-state index in [-0.39, 0.29) is 0 Å². The zero-order valence-electron chi connectivity index (χ0n) is 8.79. The van der Waals surface area contributed by atoms with E-state index in [1.54, 1.807) is 0 Å². The van der Waals surface area contributed by atoms with Crippen LogP contribution in [0.15, 0.2) is 4.99 Å². The lowest BCUT2D eigenvalue weighted by Gasteiger charge is -2.41. The van der Waals surface area contributed by atoms with Gasteiger partial charge in [0.1, 0.15) is 5.84 Å². The van der Waals surface area contributed by atoms with Crippen LogP contribution in [-0.4, -0.2) is 29.9 Å². The number of likely N-dealkylation sites (tertiary alicyclic amines) is 1. The summed E-state index contributed by atoms with van der Waals surface area (Å²) in [4.78, 5) is 7.20. The van der Waals surface area contributed by atoms with E-state index in [2.05, 4.69) is 18.7 Å². The van der Waals surface area contributed by atoms with Crippen molar-refractivity contribution in [2.24, 2.45) is 10.9 Å². The molecule has 2 heterocycles. The summed E-state index contributed by atoms with van der Waals surface area (Å²) in [5.41, 5.74) is 0. The van der Waals surface area contributed by atoms with Gasteiger partial charge in [-0.3, -0.25) is 4.99 Å². The molecule has 0 bridgehead atoms. The fraction of sp³-hybridized carbons (Fsp3) is 0.909. The van der Waals surface area contributed by atoms with Crippen molar-refractivity contribution in [1.29, 1.82) is 0 Å². The quantitative estimate of drug-likeness (QED) is 0.604. The van der Waals surface area contributed by atoms with Gasteiger partial charge in [0.25, 0.3) is 0 Å². The molecule has 2 rings (SSSR count). The monoisotopic (exact) mass is 180 g/mol. The van der Waals surface area contributed by atoms with Gasteiger partial charge < -0.3 is 4.90 Å². The molecule has 0 aromatic rings. The zero-order chi connectivity index (χ0) is 9.26. The van der Waals surface area contributed by atoms with Crippen LogP contribution in [0, 0.1) is 5.92 Å². The number of hydrogen-bond donors (Lipinski definition) is 0. The number of amidine groups is 1. The first kappa shape index (κ1) is 9.04. The summed E-state index contributed by atoms with van der Waals surface area (Å²) < 4.78 is 0. The van der Waals surface area contributed by atoms with Crippen LogP contribution in [0.5, 0.6) is 0 Å². The van der Waals surface area contributed by atoms with Gasteiger partial charge in [-0.05, 0) is 39.5 Å². The molecule has 0 aromatic carbocycles. The summed E-state index contributed by atoms with van der Waals surface area (Å²) in [5, 5.41) is 0. The van der Waals surface area contributed by atoms with Crippen LogP contribution >= 0.6 is 0 Å². The van der Waals surface area contributed by atoms with Gasteiger partial charge in [0.15, 0.2) is 0 Å². The first-order valence-corrected chi connectivity index (χ1v) is 5.64. The molecule has 1 fully saturated rings. The maximum absolute atomic E-state index is 4.70. The smallest absolute Gasteiger partial charge is 0.102 e. The molecule has 2 aliphatic heterocycles. The molecule has 13 heavy (non-hydrogen) atoms. The van der Waals surface area contributed by atoms with Crippen molar-refractivity contribution in [2.75, 3.05) is 13.1 Å². The summed E-state index contributed by atoms with van der Waals surface area (Å²) in [5.74, 6) is 2.22. The van der Waals surface area contributed by atoms with Crippen molar-refractivity contribution < 1.29 is 0 Å². The molecule has 0 aliphatic carbocycles. The lowest BCUT2D eigenvalue weighted by molar-refractivity contribution is 0.248. The number of piperidine rings is 1. The molecule has 2 nitrogen and oxygen atoms in total. The zero-order valence-corrected chi connectivity index (χ0v) is 8.79. The number of aliphatic imine (C=N–C) groups is 1. The molecule has 2 aliphatic rings. The van der Waals surface area contributed by atoms with Crippen molar-refractivity contribution in [3.63, 3.8) is 0 Å². The SMILES string of the molecule is CCN1C2=NCCCC2CCC1C. The second kappa shape index (κ2) is 3.69. The normalized spacial score (nSPS) is 34.0. The Morgan fingerprint density at radius 2 is 2.23 bits per heavy atom. The Bertz CT molecular complexity index is 210. The molecule has 0 amide bonds. The molecular formula is C11H20N2. The van der Waals surface area contributed by atoms with Gasteiger partial charge in [-0.25, -0.2) is 0 Å². The van der Waals surface area contributed by atoms with E-state index in [1.165, 1.54) is 31.5 Å². The van der Waals surface area contributed by atoms with E-state index >= 15 is 0 Å². The van der Waals surface area contributed by atoms with Gasteiger partial charge in [-0.2, -0.15) is 0 Å². The summed E-state index contributed by atoms with van der Waals surface area (Å²) in [6.45, 7) is 6.78. The van der Waals surface area contributed by atoms with Gasteiger partial charge in [-0.1, -0.05) is 0 Å². The third kappa shape index (κ3) is 1.59. The third-order valence-corrected chi connectivity index (χ3v) is 3.45. The van der Waals surface area contributed by atoms with Crippen LogP contribution in [0.1, 0.15) is 39.5 Å². The van der Waals surface area contributed by atoms with Crippen LogP contribution in [0.4, 0.5) is 0 Å². The van der Waals surface area contributed by atoms with Crippen molar-refractivity contribution in [2.45, 2.75) is 45.6 Å². The van der Waals surface area contributed by atoms with Crippen LogP contribution in [-0.2, 0) is 0 Å². The molecule has 1 saturated heterocycles. The Morgan fingerprint density at radius 3 is 3.00 bits per heavy atom. The fourth-order valence-corrected chi connectivity index (χ4v) is 2.69. The van der Waals surface area contributed by atoms with Crippen molar-refractivity contribution >= 4 is 5.84 Å². The van der Waals surface area contributed by atoms with E-state index in [9.17, 15) is 0 Å². The Labute approximate surface area is 81.0 Å². The average molecular weight is 180 g/mol. The molecule has 0 saturated carbocycles. The van der Waals surface area contributed by atoms with E-state index in [1.807, 2.05) is 0 Å². The van der Waals surface area contributed by atoms with E-state index in [0.717, 1.165) is 25.0 Å². The highest BCUT2D eigenvalue weighted by atomic mass is 15.2. The largest absolute Gasteiger partial charge is 0.358 e. The van der Waals surface area contributed by atoms with Gasteiger partial charge in [0, 0.05) is 25.0 Å². The van der Waals surface area contributed by atoms with E-state index in [4.69, 9.17) is 4.99 Å². The van der Waals surface area contributed by atoms with Crippen molar-refractivity contribution in [1.82, 2.24) is 4.90 Å². The second-order valence-electron chi connectivity index (χ2n) is 4.29. The molecule has 2 unspecified atom stereocenters. The average Bonchev–Trinajstić information content (AvgIpc) is 2.18. The van der Waals surface area contributed by atoms with Crippen molar-refractivity contribution in [3.8, 4) is 0 Å². The van der Waals surface area contributed by atoms with Crippen LogP contribution < -0.4 is 0 Å². The highest BCUT2D eigenvalue weighted by molar-refractivity contribution is 5.86. The molecule has 0 N–H and O–H groups in total. The maximum Gasteiger partial charge on any atom is 0.102 e. The predicted octanol–water partition coefficient (Wildman–Crippen LogP) is 2.30. The first-order valence-electron chi connectivity index (χ1n) is 5.64. The summed E-state index contributed by atoms with van der Waals surface area (Å²) in [7, 11) is 0. The number of fused-ring (bicyclic) bond motifs is 1. The molecule has 74 valence electrons. The Morgan fingerprint density at radius 1 is 1.38 bits per heavy atom. The summed E-state index contributed by atoms with van der Waals surface area (Å²) in [6.07, 6.45) is 5.41. The van der Waals surface area contributed by atoms with E-state index < -0.39 is 0 Å². The lowest BCUT2D eigenvalue weighted by Crippen LogP contribution is -2.47. The van der Waals surface area contributed by atoms with Crippen molar-refractivity contribution in [3.05, 3.63) is 0 Å². The Kier molecular flexibility index (Phi) is 2.56. The van der Waals surface area contributed by atoms with Gasteiger partial charge in [-0.15, -0.1) is 0 Å². The minimum atomic E-state index is 0.720. The molecule has 2 atom stereocenters.